The van der Waals surface area contributed by atoms with Gasteiger partial charge in [0.25, 0.3) is 0 Å². The zero-order valence-corrected chi connectivity index (χ0v) is 17.4. The quantitative estimate of drug-likeness (QED) is 0.545. The van der Waals surface area contributed by atoms with Gasteiger partial charge in [-0.05, 0) is 60.7 Å². The molecule has 0 saturated carbocycles. The van der Waals surface area contributed by atoms with E-state index in [1.807, 2.05) is 13.0 Å². The molecule has 2 aromatic carbocycles. The fourth-order valence-corrected chi connectivity index (χ4v) is 3.87. The third-order valence-corrected chi connectivity index (χ3v) is 5.52. The van der Waals surface area contributed by atoms with E-state index in [1.54, 1.807) is 7.11 Å². The zero-order valence-electron chi connectivity index (χ0n) is 15.8. The van der Waals surface area contributed by atoms with E-state index < -0.39 is 5.97 Å². The van der Waals surface area contributed by atoms with E-state index in [1.165, 1.54) is 16.8 Å². The Balaban J connectivity index is 2.06. The van der Waals surface area contributed by atoms with Gasteiger partial charge in [-0.25, -0.2) is 0 Å². The molecule has 0 aliphatic carbocycles. The molecular formula is C22H24BrNO3. The fraction of sp³-hybridized carbons (Fsp3) is 0.318. The van der Waals surface area contributed by atoms with Crippen LogP contribution in [0.1, 0.15) is 30.2 Å². The summed E-state index contributed by atoms with van der Waals surface area (Å²) >= 11 is 3.48. The molecule has 0 saturated heterocycles. The standard InChI is InChI=1S/C22H24BrNO3/c1-14(11-22(25)26)10-19-15(2)24(13-16-4-6-17(23)7-5-16)21-9-8-18(27-3)12-20(19)21/h4-9,12,14H,10-11,13H2,1-3H3,(H,25,26)/t14-/m1/s1. The first-order valence-corrected chi connectivity index (χ1v) is 9.80. The van der Waals surface area contributed by atoms with Crippen molar-refractivity contribution in [3.8, 4) is 5.75 Å². The molecule has 3 rings (SSSR count). The summed E-state index contributed by atoms with van der Waals surface area (Å²) in [6.07, 6.45) is 0.901. The third kappa shape index (κ3) is 4.35. The lowest BCUT2D eigenvalue weighted by molar-refractivity contribution is -0.137. The van der Waals surface area contributed by atoms with Crippen LogP contribution in [0.4, 0.5) is 0 Å². The van der Waals surface area contributed by atoms with E-state index in [2.05, 4.69) is 63.8 Å². The second-order valence-corrected chi connectivity index (χ2v) is 7.98. The molecule has 142 valence electrons. The maximum Gasteiger partial charge on any atom is 0.303 e. The van der Waals surface area contributed by atoms with Crippen molar-refractivity contribution in [1.29, 1.82) is 0 Å². The molecule has 3 aromatic rings. The lowest BCUT2D eigenvalue weighted by Crippen LogP contribution is -2.08. The summed E-state index contributed by atoms with van der Waals surface area (Å²) < 4.78 is 8.79. The maximum atomic E-state index is 11.1. The summed E-state index contributed by atoms with van der Waals surface area (Å²) in [4.78, 5) is 11.1. The number of methoxy groups -OCH3 is 1. The van der Waals surface area contributed by atoms with Crippen molar-refractivity contribution < 1.29 is 14.6 Å². The minimum Gasteiger partial charge on any atom is -0.497 e. The van der Waals surface area contributed by atoms with Crippen LogP contribution in [0.3, 0.4) is 0 Å². The monoisotopic (exact) mass is 429 g/mol. The SMILES string of the molecule is COc1ccc2c(c1)c(C[C@@H](C)CC(=O)O)c(C)n2Cc1ccc(Br)cc1. The van der Waals surface area contributed by atoms with Gasteiger partial charge < -0.3 is 14.4 Å². The Morgan fingerprint density at radius 2 is 1.93 bits per heavy atom. The van der Waals surface area contributed by atoms with Gasteiger partial charge in [0.15, 0.2) is 0 Å². The molecule has 1 aromatic heterocycles. The molecule has 0 bridgehead atoms. The van der Waals surface area contributed by atoms with E-state index >= 15 is 0 Å². The van der Waals surface area contributed by atoms with E-state index in [4.69, 9.17) is 9.84 Å². The zero-order chi connectivity index (χ0) is 19.6. The van der Waals surface area contributed by atoms with E-state index in [9.17, 15) is 4.79 Å². The predicted octanol–water partition coefficient (Wildman–Crippen LogP) is 5.42. The van der Waals surface area contributed by atoms with Crippen LogP contribution in [0.2, 0.25) is 0 Å². The lowest BCUT2D eigenvalue weighted by atomic mass is 9.96. The molecule has 4 nitrogen and oxygen atoms in total. The second-order valence-electron chi connectivity index (χ2n) is 7.07. The van der Waals surface area contributed by atoms with E-state index in [-0.39, 0.29) is 12.3 Å². The largest absolute Gasteiger partial charge is 0.497 e. The average Bonchev–Trinajstić information content (AvgIpc) is 2.88. The highest BCUT2D eigenvalue weighted by Gasteiger charge is 2.18. The Hall–Kier alpha value is -2.27. The Kier molecular flexibility index (Phi) is 5.90. The number of carboxylic acids is 1. The van der Waals surface area contributed by atoms with Crippen LogP contribution in [-0.4, -0.2) is 22.8 Å². The smallest absolute Gasteiger partial charge is 0.303 e. The van der Waals surface area contributed by atoms with Crippen LogP contribution in [0.25, 0.3) is 10.9 Å². The lowest BCUT2D eigenvalue weighted by Gasteiger charge is -2.11. The first-order chi connectivity index (χ1) is 12.9. The van der Waals surface area contributed by atoms with Crippen LogP contribution >= 0.6 is 15.9 Å². The highest BCUT2D eigenvalue weighted by molar-refractivity contribution is 9.10. The Labute approximate surface area is 167 Å². The van der Waals surface area contributed by atoms with Gasteiger partial charge in [-0.15, -0.1) is 0 Å². The van der Waals surface area contributed by atoms with Gasteiger partial charge in [-0.2, -0.15) is 0 Å². The number of carbonyl (C=O) groups is 1. The van der Waals surface area contributed by atoms with Crippen molar-refractivity contribution in [1.82, 2.24) is 4.57 Å². The molecule has 0 aliphatic rings. The number of aliphatic carboxylic acids is 1. The molecule has 27 heavy (non-hydrogen) atoms. The van der Waals surface area contributed by atoms with Crippen molar-refractivity contribution in [3.63, 3.8) is 0 Å². The molecule has 0 amide bonds. The molecule has 1 N–H and O–H groups in total. The third-order valence-electron chi connectivity index (χ3n) is 4.99. The van der Waals surface area contributed by atoms with Gasteiger partial charge in [0.2, 0.25) is 0 Å². The first kappa shape index (κ1) is 19.5. The minimum absolute atomic E-state index is 0.0686. The minimum atomic E-state index is -0.753. The number of carboxylic acid groups (broad SMARTS) is 1. The van der Waals surface area contributed by atoms with Crippen LogP contribution < -0.4 is 4.74 Å². The number of ether oxygens (including phenoxy) is 1. The topological polar surface area (TPSA) is 51.5 Å². The molecule has 0 fully saturated rings. The molecule has 1 heterocycles. The highest BCUT2D eigenvalue weighted by Crippen LogP contribution is 2.32. The summed E-state index contributed by atoms with van der Waals surface area (Å²) in [7, 11) is 1.67. The normalized spacial score (nSPS) is 12.3. The number of nitrogens with zero attached hydrogens (tertiary/aromatic N) is 1. The van der Waals surface area contributed by atoms with Gasteiger partial charge in [-0.3, -0.25) is 4.79 Å². The first-order valence-electron chi connectivity index (χ1n) is 9.01. The summed E-state index contributed by atoms with van der Waals surface area (Å²) in [5.74, 6) is 0.130. The van der Waals surface area contributed by atoms with Gasteiger partial charge >= 0.3 is 5.97 Å². The summed E-state index contributed by atoms with van der Waals surface area (Å²) in [5, 5.41) is 10.3. The second kappa shape index (κ2) is 8.17. The maximum absolute atomic E-state index is 11.1. The van der Waals surface area contributed by atoms with Crippen molar-refractivity contribution in [2.24, 2.45) is 5.92 Å². The number of fused-ring (bicyclic) bond motifs is 1. The van der Waals surface area contributed by atoms with Crippen molar-refractivity contribution in [2.75, 3.05) is 7.11 Å². The number of benzene rings is 2. The number of halogens is 1. The van der Waals surface area contributed by atoms with E-state index in [0.717, 1.165) is 34.1 Å². The molecule has 5 heteroatoms. The highest BCUT2D eigenvalue weighted by atomic mass is 79.9. The number of aromatic nitrogens is 1. The fourth-order valence-electron chi connectivity index (χ4n) is 3.61. The van der Waals surface area contributed by atoms with Crippen molar-refractivity contribution >= 4 is 32.8 Å². The van der Waals surface area contributed by atoms with Crippen molar-refractivity contribution in [2.45, 2.75) is 33.2 Å². The average molecular weight is 430 g/mol. The van der Waals surface area contributed by atoms with Gasteiger partial charge in [0, 0.05) is 34.0 Å². The van der Waals surface area contributed by atoms with Gasteiger partial charge in [-0.1, -0.05) is 35.0 Å². The van der Waals surface area contributed by atoms with Crippen LogP contribution in [0.5, 0.6) is 5.75 Å². The Morgan fingerprint density at radius 1 is 1.22 bits per heavy atom. The number of rotatable bonds is 7. The van der Waals surface area contributed by atoms with Gasteiger partial charge in [0.05, 0.1) is 7.11 Å². The molecule has 0 radical (unpaired) electrons. The van der Waals surface area contributed by atoms with Crippen LogP contribution in [-0.2, 0) is 17.8 Å². The van der Waals surface area contributed by atoms with Crippen LogP contribution in [0, 0.1) is 12.8 Å². The molecule has 0 unspecified atom stereocenters. The molecular weight excluding hydrogens is 406 g/mol. The molecule has 1 atom stereocenters. The van der Waals surface area contributed by atoms with Gasteiger partial charge in [0.1, 0.15) is 5.75 Å². The summed E-state index contributed by atoms with van der Waals surface area (Å²) in [6, 6.07) is 14.5. The molecule has 0 aliphatic heterocycles. The predicted molar refractivity (Wildman–Crippen MR) is 112 cm³/mol. The van der Waals surface area contributed by atoms with Crippen LogP contribution in [0.15, 0.2) is 46.9 Å². The number of hydrogen-bond acceptors (Lipinski definition) is 2. The number of hydrogen-bond donors (Lipinski definition) is 1. The summed E-state index contributed by atoms with van der Waals surface area (Å²) in [5.41, 5.74) is 4.75. The Bertz CT molecular complexity index is 960. The summed E-state index contributed by atoms with van der Waals surface area (Å²) in [6.45, 7) is 4.88. The molecule has 0 spiro atoms. The Morgan fingerprint density at radius 3 is 2.56 bits per heavy atom. The van der Waals surface area contributed by atoms with Crippen molar-refractivity contribution in [3.05, 3.63) is 63.8 Å². The van der Waals surface area contributed by atoms with E-state index in [0.29, 0.717) is 0 Å².